The Morgan fingerprint density at radius 1 is 1.14 bits per heavy atom. The number of carbonyl (C=O) groups is 1. The van der Waals surface area contributed by atoms with E-state index in [9.17, 15) is 4.79 Å². The Kier molecular flexibility index (Phi) is 4.54. The van der Waals surface area contributed by atoms with Crippen molar-refractivity contribution in [2.45, 2.75) is 25.9 Å². The Morgan fingerprint density at radius 3 is 2.59 bits per heavy atom. The summed E-state index contributed by atoms with van der Waals surface area (Å²) in [6.45, 7) is 5.02. The van der Waals surface area contributed by atoms with E-state index in [1.165, 1.54) is 11.1 Å². The summed E-state index contributed by atoms with van der Waals surface area (Å²) in [6, 6.07) is 18.4. The lowest BCUT2D eigenvalue weighted by Crippen LogP contribution is -2.36. The van der Waals surface area contributed by atoms with Crippen LogP contribution in [0.2, 0.25) is 0 Å². The van der Waals surface area contributed by atoms with Crippen LogP contribution in [0.1, 0.15) is 27.9 Å². The van der Waals surface area contributed by atoms with E-state index < -0.39 is 0 Å². The maximum absolute atomic E-state index is 12.2. The molecule has 1 aliphatic heterocycles. The van der Waals surface area contributed by atoms with E-state index in [4.69, 9.17) is 0 Å². The number of amides is 1. The molecule has 1 atom stereocenters. The molecule has 1 heterocycles. The lowest BCUT2D eigenvalue weighted by molar-refractivity contribution is 0.0937. The van der Waals surface area contributed by atoms with Gasteiger partial charge in [0.05, 0.1) is 0 Å². The van der Waals surface area contributed by atoms with E-state index in [1.807, 2.05) is 30.3 Å². The number of benzene rings is 2. The highest BCUT2D eigenvalue weighted by atomic mass is 16.1. The first kappa shape index (κ1) is 14.8. The van der Waals surface area contributed by atoms with Crippen molar-refractivity contribution in [1.29, 1.82) is 0 Å². The van der Waals surface area contributed by atoms with Crippen LogP contribution < -0.4 is 5.32 Å². The van der Waals surface area contributed by atoms with Gasteiger partial charge in [0.15, 0.2) is 0 Å². The summed E-state index contributed by atoms with van der Waals surface area (Å²) in [5.41, 5.74) is 3.36. The van der Waals surface area contributed by atoms with E-state index in [0.29, 0.717) is 0 Å². The Labute approximate surface area is 132 Å². The second-order valence-electron chi connectivity index (χ2n) is 6.05. The van der Waals surface area contributed by atoms with Crippen LogP contribution in [0.15, 0.2) is 54.6 Å². The molecule has 3 heteroatoms. The molecule has 3 rings (SSSR count). The molecule has 1 fully saturated rings. The van der Waals surface area contributed by atoms with Crippen LogP contribution in [0.3, 0.4) is 0 Å². The molecule has 0 radical (unpaired) electrons. The van der Waals surface area contributed by atoms with E-state index in [1.54, 1.807) is 0 Å². The molecule has 1 saturated heterocycles. The van der Waals surface area contributed by atoms with Gasteiger partial charge in [0.2, 0.25) is 0 Å². The number of rotatable bonds is 4. The fourth-order valence-corrected chi connectivity index (χ4v) is 2.90. The summed E-state index contributed by atoms with van der Waals surface area (Å²) in [5, 5.41) is 3.14. The highest BCUT2D eigenvalue weighted by Gasteiger charge is 2.24. The summed E-state index contributed by atoms with van der Waals surface area (Å²) in [5.74, 6) is 0.0304. The number of aryl methyl sites for hydroxylation is 1. The second-order valence-corrected chi connectivity index (χ2v) is 6.05. The Bertz CT molecular complexity index is 622. The molecule has 0 aliphatic carbocycles. The fourth-order valence-electron chi connectivity index (χ4n) is 2.90. The minimum Gasteiger partial charge on any atom is -0.348 e. The molecule has 0 spiro atoms. The zero-order valence-corrected chi connectivity index (χ0v) is 13.0. The van der Waals surface area contributed by atoms with Gasteiger partial charge in [0, 0.05) is 31.2 Å². The lowest BCUT2D eigenvalue weighted by atomic mass is 10.1. The van der Waals surface area contributed by atoms with E-state index in [-0.39, 0.29) is 11.9 Å². The smallest absolute Gasteiger partial charge is 0.251 e. The molecule has 2 aromatic carbocycles. The van der Waals surface area contributed by atoms with Crippen molar-refractivity contribution in [2.75, 3.05) is 13.1 Å². The molecule has 1 amide bonds. The zero-order chi connectivity index (χ0) is 15.4. The van der Waals surface area contributed by atoms with Crippen molar-refractivity contribution in [2.24, 2.45) is 0 Å². The molecule has 1 aliphatic rings. The minimum atomic E-state index is 0.0304. The largest absolute Gasteiger partial charge is 0.348 e. The third-order valence-corrected chi connectivity index (χ3v) is 4.17. The van der Waals surface area contributed by atoms with Crippen molar-refractivity contribution in [3.63, 3.8) is 0 Å². The van der Waals surface area contributed by atoms with Crippen molar-refractivity contribution < 1.29 is 4.79 Å². The van der Waals surface area contributed by atoms with Crippen LogP contribution in [0.4, 0.5) is 0 Å². The Hall–Kier alpha value is -2.13. The molecule has 2 aromatic rings. The number of nitrogens with one attached hydrogen (secondary N) is 1. The topological polar surface area (TPSA) is 32.3 Å². The van der Waals surface area contributed by atoms with Gasteiger partial charge in [-0.3, -0.25) is 9.69 Å². The minimum absolute atomic E-state index is 0.0304. The standard InChI is InChI=1S/C19H22N2O/c1-15-7-9-16(10-8-15)13-21-12-11-18(14-21)20-19(22)17-5-3-2-4-6-17/h2-10,18H,11-14H2,1H3,(H,20,22). The molecule has 0 aromatic heterocycles. The highest BCUT2D eigenvalue weighted by molar-refractivity contribution is 5.94. The van der Waals surface area contributed by atoms with Crippen molar-refractivity contribution in [1.82, 2.24) is 10.2 Å². The first-order valence-electron chi connectivity index (χ1n) is 7.84. The summed E-state index contributed by atoms with van der Waals surface area (Å²) in [6.07, 6.45) is 1.02. The number of nitrogens with zero attached hydrogens (tertiary/aromatic N) is 1. The predicted molar refractivity (Wildman–Crippen MR) is 88.8 cm³/mol. The van der Waals surface area contributed by atoms with Crippen LogP contribution in [0.5, 0.6) is 0 Å². The Morgan fingerprint density at radius 2 is 1.86 bits per heavy atom. The molecular weight excluding hydrogens is 272 g/mol. The van der Waals surface area contributed by atoms with Crippen molar-refractivity contribution in [3.05, 3.63) is 71.3 Å². The van der Waals surface area contributed by atoms with Gasteiger partial charge in [0.1, 0.15) is 0 Å². The number of hydrogen-bond acceptors (Lipinski definition) is 2. The zero-order valence-electron chi connectivity index (χ0n) is 13.0. The fraction of sp³-hybridized carbons (Fsp3) is 0.316. The predicted octanol–water partition coefficient (Wildman–Crippen LogP) is 3.00. The maximum Gasteiger partial charge on any atom is 0.251 e. The number of carbonyl (C=O) groups excluding carboxylic acids is 1. The third-order valence-electron chi connectivity index (χ3n) is 4.17. The maximum atomic E-state index is 12.2. The van der Waals surface area contributed by atoms with Crippen LogP contribution in [0, 0.1) is 6.92 Å². The lowest BCUT2D eigenvalue weighted by Gasteiger charge is -2.17. The molecule has 1 unspecified atom stereocenters. The average Bonchev–Trinajstić information content (AvgIpc) is 2.97. The Balaban J connectivity index is 1.52. The summed E-state index contributed by atoms with van der Waals surface area (Å²) in [4.78, 5) is 14.6. The second kappa shape index (κ2) is 6.75. The van der Waals surface area contributed by atoms with E-state index >= 15 is 0 Å². The molecule has 22 heavy (non-hydrogen) atoms. The highest BCUT2D eigenvalue weighted by Crippen LogP contribution is 2.14. The molecular formula is C19H22N2O. The van der Waals surface area contributed by atoms with Crippen LogP contribution >= 0.6 is 0 Å². The normalized spacial score (nSPS) is 18.3. The molecule has 114 valence electrons. The summed E-state index contributed by atoms with van der Waals surface area (Å²) in [7, 11) is 0. The van der Waals surface area contributed by atoms with Crippen molar-refractivity contribution >= 4 is 5.91 Å². The monoisotopic (exact) mass is 294 g/mol. The molecule has 0 saturated carbocycles. The van der Waals surface area contributed by atoms with E-state index in [0.717, 1.165) is 31.6 Å². The SMILES string of the molecule is Cc1ccc(CN2CCC(NC(=O)c3ccccc3)C2)cc1. The quantitative estimate of drug-likeness (QED) is 0.940. The van der Waals surface area contributed by atoms with Crippen molar-refractivity contribution in [3.8, 4) is 0 Å². The summed E-state index contributed by atoms with van der Waals surface area (Å²) >= 11 is 0. The number of likely N-dealkylation sites (tertiary alicyclic amines) is 1. The van der Waals surface area contributed by atoms with E-state index in [2.05, 4.69) is 41.4 Å². The molecule has 1 N–H and O–H groups in total. The van der Waals surface area contributed by atoms with Gasteiger partial charge in [-0.1, -0.05) is 48.0 Å². The van der Waals surface area contributed by atoms with Crippen LogP contribution in [0.25, 0.3) is 0 Å². The molecule has 3 nitrogen and oxygen atoms in total. The first-order valence-corrected chi connectivity index (χ1v) is 7.84. The van der Waals surface area contributed by atoms with Gasteiger partial charge in [-0.2, -0.15) is 0 Å². The van der Waals surface area contributed by atoms with Crippen LogP contribution in [-0.2, 0) is 6.54 Å². The first-order chi connectivity index (χ1) is 10.7. The summed E-state index contributed by atoms with van der Waals surface area (Å²) < 4.78 is 0. The number of hydrogen-bond donors (Lipinski definition) is 1. The van der Waals surface area contributed by atoms with Gasteiger partial charge in [-0.25, -0.2) is 0 Å². The third kappa shape index (κ3) is 3.74. The van der Waals surface area contributed by atoms with Gasteiger partial charge in [-0.05, 0) is 31.0 Å². The van der Waals surface area contributed by atoms with Crippen LogP contribution in [-0.4, -0.2) is 29.9 Å². The van der Waals surface area contributed by atoms with Gasteiger partial charge >= 0.3 is 0 Å². The van der Waals surface area contributed by atoms with Gasteiger partial charge < -0.3 is 5.32 Å². The average molecular weight is 294 g/mol. The van der Waals surface area contributed by atoms with Gasteiger partial charge in [0.25, 0.3) is 5.91 Å². The van der Waals surface area contributed by atoms with Gasteiger partial charge in [-0.15, -0.1) is 0 Å². The molecule has 0 bridgehead atoms.